The second-order valence-electron chi connectivity index (χ2n) is 6.27. The van der Waals surface area contributed by atoms with E-state index in [0.29, 0.717) is 0 Å². The third kappa shape index (κ3) is 2.01. The Labute approximate surface area is 119 Å². The van der Waals surface area contributed by atoms with Gasteiger partial charge in [0.05, 0.1) is 0 Å². The van der Waals surface area contributed by atoms with Gasteiger partial charge in [-0.1, -0.05) is 56.8 Å². The number of carbonyl (C=O) groups excluding carboxylic acids is 1. The van der Waals surface area contributed by atoms with Gasteiger partial charge in [0, 0.05) is 35.1 Å². The molecule has 1 aromatic carbocycles. The lowest BCUT2D eigenvalue weighted by molar-refractivity contribution is 0.103. The number of hydrogen-bond acceptors (Lipinski definition) is 1. The Morgan fingerprint density at radius 2 is 2.00 bits per heavy atom. The molecule has 0 saturated carbocycles. The minimum absolute atomic E-state index is 0.0835. The molecular weight excluding hydrogens is 246 g/mol. The van der Waals surface area contributed by atoms with Crippen molar-refractivity contribution in [1.82, 2.24) is 4.57 Å². The van der Waals surface area contributed by atoms with Crippen LogP contribution in [-0.2, 0) is 13.0 Å². The molecule has 2 nitrogen and oxygen atoms in total. The minimum atomic E-state index is 0.0835. The molecule has 0 N–H and O–H groups in total. The summed E-state index contributed by atoms with van der Waals surface area (Å²) in [4.78, 5) is 12.6. The molecule has 0 saturated heterocycles. The lowest BCUT2D eigenvalue weighted by Crippen LogP contribution is -2.13. The molecule has 0 fully saturated rings. The molecule has 0 atom stereocenters. The summed E-state index contributed by atoms with van der Waals surface area (Å²) in [7, 11) is 0. The monoisotopic (exact) mass is 265 g/mol. The molecule has 2 aromatic rings. The van der Waals surface area contributed by atoms with Gasteiger partial charge in [-0.25, -0.2) is 0 Å². The van der Waals surface area contributed by atoms with Crippen LogP contribution in [0.15, 0.2) is 43.1 Å². The summed E-state index contributed by atoms with van der Waals surface area (Å²) in [6.07, 6.45) is 4.82. The van der Waals surface area contributed by atoms with Gasteiger partial charge in [0.15, 0.2) is 5.78 Å². The first-order valence-electron chi connectivity index (χ1n) is 6.96. The van der Waals surface area contributed by atoms with Crippen molar-refractivity contribution in [3.8, 4) is 0 Å². The van der Waals surface area contributed by atoms with E-state index in [1.165, 1.54) is 5.69 Å². The molecule has 1 aromatic heterocycles. The van der Waals surface area contributed by atoms with Crippen molar-refractivity contribution in [1.29, 1.82) is 0 Å². The van der Waals surface area contributed by atoms with E-state index in [1.807, 2.05) is 42.6 Å². The summed E-state index contributed by atoms with van der Waals surface area (Å²) in [6.45, 7) is 9.37. The number of aromatic nitrogens is 1. The topological polar surface area (TPSA) is 22.0 Å². The molecule has 1 aliphatic heterocycles. The van der Waals surface area contributed by atoms with Gasteiger partial charge < -0.3 is 4.57 Å². The Morgan fingerprint density at radius 1 is 1.30 bits per heavy atom. The molecule has 2 heterocycles. The number of rotatable bonds is 3. The maximum Gasteiger partial charge on any atom is 0.195 e. The highest BCUT2D eigenvalue weighted by Gasteiger charge is 2.32. The standard InChI is InChI=1S/C18H19NO/c1-4-14-15(17(20)13-8-6-5-7-9-13)11-19-12-18(2,3)10-16(14)19/h4-9,11H,1,10,12H2,2-3H3. The number of hydrogen-bond donors (Lipinski definition) is 0. The first-order chi connectivity index (χ1) is 9.52. The van der Waals surface area contributed by atoms with E-state index in [2.05, 4.69) is 25.0 Å². The second kappa shape index (κ2) is 4.48. The van der Waals surface area contributed by atoms with Gasteiger partial charge in [0.2, 0.25) is 0 Å². The molecule has 102 valence electrons. The maximum atomic E-state index is 12.6. The molecule has 0 spiro atoms. The Kier molecular flexibility index (Phi) is 2.89. The summed E-state index contributed by atoms with van der Waals surface area (Å²) in [5.41, 5.74) is 4.02. The van der Waals surface area contributed by atoms with Crippen LogP contribution in [0, 0.1) is 5.41 Å². The summed E-state index contributed by atoms with van der Waals surface area (Å²) in [6, 6.07) is 9.44. The first-order valence-corrected chi connectivity index (χ1v) is 6.96. The van der Waals surface area contributed by atoms with E-state index in [4.69, 9.17) is 0 Å². The van der Waals surface area contributed by atoms with Crippen molar-refractivity contribution >= 4 is 11.9 Å². The first kappa shape index (κ1) is 12.9. The molecule has 3 rings (SSSR count). The van der Waals surface area contributed by atoms with Gasteiger partial charge in [-0.05, 0) is 11.8 Å². The summed E-state index contributed by atoms with van der Waals surface area (Å²) in [5.74, 6) is 0.0835. The quantitative estimate of drug-likeness (QED) is 0.770. The Morgan fingerprint density at radius 3 is 2.65 bits per heavy atom. The fraction of sp³-hybridized carbons (Fsp3) is 0.278. The molecule has 0 aliphatic carbocycles. The van der Waals surface area contributed by atoms with Crippen LogP contribution in [-0.4, -0.2) is 10.4 Å². The van der Waals surface area contributed by atoms with E-state index < -0.39 is 0 Å². The second-order valence-corrected chi connectivity index (χ2v) is 6.27. The van der Waals surface area contributed by atoms with E-state index >= 15 is 0 Å². The third-order valence-corrected chi connectivity index (χ3v) is 3.96. The molecule has 1 aliphatic rings. The fourth-order valence-corrected chi connectivity index (χ4v) is 3.08. The highest BCUT2D eigenvalue weighted by Crippen LogP contribution is 2.36. The zero-order valence-electron chi connectivity index (χ0n) is 12.0. The number of nitrogens with zero attached hydrogens (tertiary/aromatic N) is 1. The van der Waals surface area contributed by atoms with Crippen molar-refractivity contribution in [3.63, 3.8) is 0 Å². The van der Waals surface area contributed by atoms with Crippen LogP contribution in [0.3, 0.4) is 0 Å². The smallest absolute Gasteiger partial charge is 0.195 e. The maximum absolute atomic E-state index is 12.6. The average molecular weight is 265 g/mol. The SMILES string of the molecule is C=Cc1c(C(=O)c2ccccc2)cn2c1CC(C)(C)C2. The molecule has 2 heteroatoms. The number of benzene rings is 1. The largest absolute Gasteiger partial charge is 0.349 e. The van der Waals surface area contributed by atoms with Crippen LogP contribution in [0.4, 0.5) is 0 Å². The van der Waals surface area contributed by atoms with Crippen LogP contribution >= 0.6 is 0 Å². The number of fused-ring (bicyclic) bond motifs is 1. The Hall–Kier alpha value is -2.09. The number of ketones is 1. The van der Waals surface area contributed by atoms with Gasteiger partial charge in [-0.3, -0.25) is 4.79 Å². The van der Waals surface area contributed by atoms with Crippen LogP contribution < -0.4 is 0 Å². The van der Waals surface area contributed by atoms with Crippen molar-refractivity contribution in [3.05, 3.63) is 65.5 Å². The van der Waals surface area contributed by atoms with Crippen LogP contribution in [0.5, 0.6) is 0 Å². The van der Waals surface area contributed by atoms with Crippen molar-refractivity contribution in [2.45, 2.75) is 26.8 Å². The third-order valence-electron chi connectivity index (χ3n) is 3.96. The molecule has 20 heavy (non-hydrogen) atoms. The van der Waals surface area contributed by atoms with Gasteiger partial charge in [0.1, 0.15) is 0 Å². The van der Waals surface area contributed by atoms with Gasteiger partial charge in [-0.15, -0.1) is 0 Å². The highest BCUT2D eigenvalue weighted by molar-refractivity contribution is 6.11. The normalized spacial score (nSPS) is 15.9. The van der Waals surface area contributed by atoms with E-state index in [9.17, 15) is 4.79 Å². The van der Waals surface area contributed by atoms with E-state index in [0.717, 1.165) is 29.7 Å². The number of carbonyl (C=O) groups is 1. The summed E-state index contributed by atoms with van der Waals surface area (Å²) in [5, 5.41) is 0. The molecular formula is C18H19NO. The van der Waals surface area contributed by atoms with Gasteiger partial charge >= 0.3 is 0 Å². The molecule has 0 bridgehead atoms. The predicted molar refractivity (Wildman–Crippen MR) is 81.9 cm³/mol. The summed E-state index contributed by atoms with van der Waals surface area (Å²) < 4.78 is 2.22. The van der Waals surface area contributed by atoms with Crippen LogP contribution in [0.25, 0.3) is 6.08 Å². The Balaban J connectivity index is 2.05. The molecule has 0 amide bonds. The van der Waals surface area contributed by atoms with E-state index in [-0.39, 0.29) is 11.2 Å². The van der Waals surface area contributed by atoms with Crippen molar-refractivity contribution < 1.29 is 4.79 Å². The molecule has 0 radical (unpaired) electrons. The highest BCUT2D eigenvalue weighted by atomic mass is 16.1. The Bertz CT molecular complexity index is 677. The zero-order valence-corrected chi connectivity index (χ0v) is 12.0. The van der Waals surface area contributed by atoms with Crippen molar-refractivity contribution in [2.24, 2.45) is 5.41 Å². The molecule has 0 unspecified atom stereocenters. The zero-order chi connectivity index (χ0) is 14.3. The lowest BCUT2D eigenvalue weighted by atomic mass is 9.89. The fourth-order valence-electron chi connectivity index (χ4n) is 3.08. The van der Waals surface area contributed by atoms with Gasteiger partial charge in [0.25, 0.3) is 0 Å². The van der Waals surface area contributed by atoms with Crippen LogP contribution in [0.1, 0.15) is 41.0 Å². The van der Waals surface area contributed by atoms with Gasteiger partial charge in [-0.2, -0.15) is 0 Å². The minimum Gasteiger partial charge on any atom is -0.349 e. The summed E-state index contributed by atoms with van der Waals surface area (Å²) >= 11 is 0. The lowest BCUT2D eigenvalue weighted by Gasteiger charge is -2.15. The average Bonchev–Trinajstić information content (AvgIpc) is 2.90. The van der Waals surface area contributed by atoms with E-state index in [1.54, 1.807) is 0 Å². The van der Waals surface area contributed by atoms with Crippen LogP contribution in [0.2, 0.25) is 0 Å². The van der Waals surface area contributed by atoms with Crippen molar-refractivity contribution in [2.75, 3.05) is 0 Å². The predicted octanol–water partition coefficient (Wildman–Crippen LogP) is 3.94.